The highest BCUT2D eigenvalue weighted by Gasteiger charge is 2.49. The molecule has 1 fully saturated rings. The van der Waals surface area contributed by atoms with Crippen LogP contribution < -0.4 is 4.98 Å². The minimum absolute atomic E-state index is 0.331. The highest BCUT2D eigenvalue weighted by atomic mass is 28.5. The smallest absolute Gasteiger partial charge is 0.404 e. The van der Waals surface area contributed by atoms with E-state index in [4.69, 9.17) is 16.5 Å². The summed E-state index contributed by atoms with van der Waals surface area (Å²) in [5.74, 6) is 0. The van der Waals surface area contributed by atoms with Gasteiger partial charge < -0.3 is 16.5 Å². The van der Waals surface area contributed by atoms with Crippen molar-refractivity contribution in [3.63, 3.8) is 0 Å². The maximum atomic E-state index is 6.29. The Morgan fingerprint density at radius 2 is 1.44 bits per heavy atom. The van der Waals surface area contributed by atoms with Gasteiger partial charge in [-0.15, -0.1) is 0 Å². The molecule has 0 aromatic carbocycles. The Balaban J connectivity index is 2.91. The molecule has 0 aliphatic carbocycles. The van der Waals surface area contributed by atoms with Gasteiger partial charge >= 0.3 is 35.1 Å². The van der Waals surface area contributed by atoms with Crippen molar-refractivity contribution >= 4 is 35.1 Å². The maximum Gasteiger partial charge on any atom is 0.404 e. The lowest BCUT2D eigenvalue weighted by Crippen LogP contribution is -2.67. The van der Waals surface area contributed by atoms with Gasteiger partial charge in [0.25, 0.3) is 0 Å². The second-order valence-electron chi connectivity index (χ2n) is 6.05. The SMILES string of the molecule is CC(C)N[Si]1(C)O[SiH](C)O[Si](C)(C)O[Si](C)(C)O1. The minimum atomic E-state index is -2.40. The maximum absolute atomic E-state index is 6.29. The lowest BCUT2D eigenvalue weighted by Gasteiger charge is -2.44. The van der Waals surface area contributed by atoms with E-state index < -0.39 is 35.1 Å². The van der Waals surface area contributed by atoms with E-state index in [-0.39, 0.29) is 0 Å². The van der Waals surface area contributed by atoms with Gasteiger partial charge in [-0.05, 0) is 45.3 Å². The third-order valence-electron chi connectivity index (χ3n) is 2.32. The van der Waals surface area contributed by atoms with Gasteiger partial charge in [0, 0.05) is 0 Å². The van der Waals surface area contributed by atoms with Crippen LogP contribution in [0.2, 0.25) is 39.3 Å². The number of nitrogens with one attached hydrogen (secondary N) is 1. The largest absolute Gasteiger partial charge is 0.418 e. The fraction of sp³-hybridized carbons (Fsp3) is 1.00. The van der Waals surface area contributed by atoms with Crippen molar-refractivity contribution in [2.45, 2.75) is 59.2 Å². The zero-order valence-corrected chi connectivity index (χ0v) is 16.9. The van der Waals surface area contributed by atoms with Crippen LogP contribution in [0.4, 0.5) is 0 Å². The molecule has 0 spiro atoms. The molecule has 1 aliphatic heterocycles. The van der Waals surface area contributed by atoms with Crippen molar-refractivity contribution in [3.8, 4) is 0 Å². The highest BCUT2D eigenvalue weighted by Crippen LogP contribution is 2.25. The van der Waals surface area contributed by atoms with Crippen molar-refractivity contribution in [3.05, 3.63) is 0 Å². The molecule has 9 heteroatoms. The van der Waals surface area contributed by atoms with Crippen LogP contribution in [0.1, 0.15) is 13.8 Å². The van der Waals surface area contributed by atoms with Gasteiger partial charge in [0.05, 0.1) is 0 Å². The van der Waals surface area contributed by atoms with Gasteiger partial charge in [0.15, 0.2) is 0 Å². The molecule has 0 radical (unpaired) electrons. The Hall–Kier alpha value is 0.668. The molecule has 0 aromatic rings. The normalized spacial score (nSPS) is 36.2. The summed E-state index contributed by atoms with van der Waals surface area (Å²) in [6.07, 6.45) is 0. The van der Waals surface area contributed by atoms with Crippen LogP contribution in [-0.4, -0.2) is 41.2 Å². The monoisotopic (exact) mass is 325 g/mol. The molecule has 1 aliphatic rings. The zero-order valence-electron chi connectivity index (χ0n) is 12.8. The molecule has 0 bridgehead atoms. The summed E-state index contributed by atoms with van der Waals surface area (Å²) in [5.41, 5.74) is 0. The first-order valence-corrected chi connectivity index (χ1v) is 16.5. The van der Waals surface area contributed by atoms with Crippen LogP contribution in [0.3, 0.4) is 0 Å². The summed E-state index contributed by atoms with van der Waals surface area (Å²) >= 11 is 0. The molecule has 0 aromatic heterocycles. The molecule has 108 valence electrons. The number of hydrogen-bond acceptors (Lipinski definition) is 5. The van der Waals surface area contributed by atoms with E-state index in [2.05, 4.69) is 58.1 Å². The Kier molecular flexibility index (Phi) is 5.18. The molecule has 1 saturated heterocycles. The molecule has 0 saturated carbocycles. The molecule has 1 rings (SSSR count). The molecule has 2 atom stereocenters. The lowest BCUT2D eigenvalue weighted by molar-refractivity contribution is 0.237. The van der Waals surface area contributed by atoms with Crippen molar-refractivity contribution < 1.29 is 16.5 Å². The van der Waals surface area contributed by atoms with Crippen LogP contribution in [0, 0.1) is 0 Å². The first-order valence-electron chi connectivity index (χ1n) is 6.47. The zero-order chi connectivity index (χ0) is 14.2. The van der Waals surface area contributed by atoms with Gasteiger partial charge in [-0.3, -0.25) is 4.98 Å². The van der Waals surface area contributed by atoms with Crippen molar-refractivity contribution in [2.24, 2.45) is 0 Å². The van der Waals surface area contributed by atoms with E-state index in [0.717, 1.165) is 0 Å². The molecular weight excluding hydrogens is 298 g/mol. The van der Waals surface area contributed by atoms with E-state index in [1.807, 2.05) is 0 Å². The third-order valence-corrected chi connectivity index (χ3v) is 17.6. The summed E-state index contributed by atoms with van der Waals surface area (Å²) in [5, 5.41) is 0. The van der Waals surface area contributed by atoms with Crippen LogP contribution in [0.25, 0.3) is 0 Å². The Labute approximate surface area is 116 Å². The van der Waals surface area contributed by atoms with Crippen LogP contribution in [0.5, 0.6) is 0 Å². The molecule has 18 heavy (non-hydrogen) atoms. The van der Waals surface area contributed by atoms with Crippen molar-refractivity contribution in [1.29, 1.82) is 0 Å². The topological polar surface area (TPSA) is 49.0 Å². The first kappa shape index (κ1) is 16.7. The van der Waals surface area contributed by atoms with Gasteiger partial charge in [-0.25, -0.2) is 0 Å². The summed E-state index contributed by atoms with van der Waals surface area (Å²) in [7, 11) is -8.41. The van der Waals surface area contributed by atoms with Crippen LogP contribution in [-0.2, 0) is 16.5 Å². The van der Waals surface area contributed by atoms with E-state index in [0.29, 0.717) is 6.04 Å². The standard InChI is InChI=1S/C9H27NO4Si4/c1-9(2)10-18(8)12-15(3)11-16(4,5)13-17(6,7)14-18/h9-10,15H,1-8H3. The Bertz CT molecular complexity index is 302. The molecule has 1 heterocycles. The lowest BCUT2D eigenvalue weighted by atomic mass is 10.4. The van der Waals surface area contributed by atoms with Gasteiger partial charge in [0.2, 0.25) is 0 Å². The van der Waals surface area contributed by atoms with E-state index in [1.54, 1.807) is 0 Å². The van der Waals surface area contributed by atoms with Crippen LogP contribution >= 0.6 is 0 Å². The molecule has 1 N–H and O–H groups in total. The third kappa shape index (κ3) is 5.34. The second kappa shape index (κ2) is 5.58. The van der Waals surface area contributed by atoms with Gasteiger partial charge in [-0.2, -0.15) is 0 Å². The second-order valence-corrected chi connectivity index (χ2v) is 18.5. The Morgan fingerprint density at radius 1 is 0.889 bits per heavy atom. The number of rotatable bonds is 2. The summed E-state index contributed by atoms with van der Waals surface area (Å²) < 4.78 is 24.7. The van der Waals surface area contributed by atoms with Gasteiger partial charge in [-0.1, -0.05) is 13.8 Å². The minimum Gasteiger partial charge on any atom is -0.418 e. The van der Waals surface area contributed by atoms with Crippen molar-refractivity contribution in [1.82, 2.24) is 4.98 Å². The number of hydrogen-bond donors (Lipinski definition) is 1. The predicted molar refractivity (Wildman–Crippen MR) is 82.2 cm³/mol. The first-order chi connectivity index (χ1) is 7.93. The summed E-state index contributed by atoms with van der Waals surface area (Å²) in [4.78, 5) is 3.46. The average Bonchev–Trinajstić information content (AvgIpc) is 1.90. The van der Waals surface area contributed by atoms with E-state index >= 15 is 0 Å². The molecule has 0 amide bonds. The molecule has 5 nitrogen and oxygen atoms in total. The van der Waals surface area contributed by atoms with E-state index in [1.165, 1.54) is 0 Å². The fourth-order valence-corrected chi connectivity index (χ4v) is 20.7. The van der Waals surface area contributed by atoms with Crippen molar-refractivity contribution in [2.75, 3.05) is 0 Å². The highest BCUT2D eigenvalue weighted by molar-refractivity contribution is 6.89. The van der Waals surface area contributed by atoms with Crippen LogP contribution in [0.15, 0.2) is 0 Å². The fourth-order valence-electron chi connectivity index (χ4n) is 2.46. The molecule has 2 unspecified atom stereocenters. The van der Waals surface area contributed by atoms with E-state index in [9.17, 15) is 0 Å². The Morgan fingerprint density at radius 3 is 1.94 bits per heavy atom. The summed E-state index contributed by atoms with van der Waals surface area (Å²) in [6.45, 7) is 16.6. The quantitative estimate of drug-likeness (QED) is 0.786. The predicted octanol–water partition coefficient (Wildman–Crippen LogP) is 1.89. The average molecular weight is 326 g/mol. The summed E-state index contributed by atoms with van der Waals surface area (Å²) in [6, 6.07) is 0.331. The molecular formula is C9H27NO4Si4. The van der Waals surface area contributed by atoms with Gasteiger partial charge in [0.1, 0.15) is 0 Å².